The smallest absolute Gasteiger partial charge is 0.0726 e. The molecule has 0 aliphatic carbocycles. The Bertz CT molecular complexity index is 761. The fourth-order valence-electron chi connectivity index (χ4n) is 2.87. The van der Waals surface area contributed by atoms with Gasteiger partial charge in [-0.1, -0.05) is 55.5 Å². The van der Waals surface area contributed by atoms with E-state index in [2.05, 4.69) is 80.5 Å². The first-order valence-electron chi connectivity index (χ1n) is 7.36. The highest BCUT2D eigenvalue weighted by Gasteiger charge is 2.16. The average molecular weight is 276 g/mol. The maximum atomic E-state index is 4.89. The van der Waals surface area contributed by atoms with Gasteiger partial charge in [-0.05, 0) is 18.1 Å². The Morgan fingerprint density at radius 2 is 1.57 bits per heavy atom. The van der Waals surface area contributed by atoms with Crippen molar-refractivity contribution in [1.29, 1.82) is 0 Å². The molecule has 0 atom stereocenters. The first-order valence-corrected chi connectivity index (χ1v) is 7.36. The number of aryl methyl sites for hydroxylation is 1. The van der Waals surface area contributed by atoms with Crippen LogP contribution in [0.5, 0.6) is 0 Å². The number of fused-ring (bicyclic) bond motifs is 1. The standard InChI is InChI=1S/C19H20N2/c1-4-16-18(14-10-6-5-7-11-14)19(21(2)3)15-12-8-9-13-17(15)20-16/h5-13H,4H2,1-3H3. The molecular weight excluding hydrogens is 256 g/mol. The number of rotatable bonds is 3. The number of benzene rings is 2. The molecule has 106 valence electrons. The molecular formula is C19H20N2. The molecule has 21 heavy (non-hydrogen) atoms. The molecule has 0 amide bonds. The Morgan fingerprint density at radius 1 is 0.905 bits per heavy atom. The second kappa shape index (κ2) is 5.57. The summed E-state index contributed by atoms with van der Waals surface area (Å²) in [7, 11) is 4.21. The molecule has 2 heteroatoms. The zero-order valence-corrected chi connectivity index (χ0v) is 12.8. The first-order chi connectivity index (χ1) is 10.2. The van der Waals surface area contributed by atoms with Gasteiger partial charge in [0.25, 0.3) is 0 Å². The molecule has 0 aliphatic rings. The fourth-order valence-corrected chi connectivity index (χ4v) is 2.87. The Kier molecular flexibility index (Phi) is 3.61. The van der Waals surface area contributed by atoms with Gasteiger partial charge >= 0.3 is 0 Å². The van der Waals surface area contributed by atoms with Crippen LogP contribution in [-0.4, -0.2) is 19.1 Å². The molecule has 0 saturated carbocycles. The van der Waals surface area contributed by atoms with Crippen molar-refractivity contribution in [2.24, 2.45) is 0 Å². The Hall–Kier alpha value is -2.35. The molecule has 0 unspecified atom stereocenters. The number of nitrogens with zero attached hydrogens (tertiary/aromatic N) is 2. The lowest BCUT2D eigenvalue weighted by Crippen LogP contribution is -2.13. The van der Waals surface area contributed by atoms with Crippen LogP contribution < -0.4 is 4.90 Å². The van der Waals surface area contributed by atoms with Gasteiger partial charge in [0.1, 0.15) is 0 Å². The van der Waals surface area contributed by atoms with Gasteiger partial charge in [0.05, 0.1) is 16.9 Å². The van der Waals surface area contributed by atoms with Crippen LogP contribution >= 0.6 is 0 Å². The lowest BCUT2D eigenvalue weighted by molar-refractivity contribution is 1.05. The SMILES string of the molecule is CCc1nc2ccccc2c(N(C)C)c1-c1ccccc1. The molecule has 2 aromatic carbocycles. The summed E-state index contributed by atoms with van der Waals surface area (Å²) in [6.45, 7) is 2.17. The largest absolute Gasteiger partial charge is 0.377 e. The minimum atomic E-state index is 0.926. The summed E-state index contributed by atoms with van der Waals surface area (Å²) in [5.74, 6) is 0. The Balaban J connectivity index is 2.43. The number of hydrogen-bond acceptors (Lipinski definition) is 2. The highest BCUT2D eigenvalue weighted by Crippen LogP contribution is 2.38. The molecule has 3 rings (SSSR count). The van der Waals surface area contributed by atoms with Crippen molar-refractivity contribution < 1.29 is 0 Å². The topological polar surface area (TPSA) is 16.1 Å². The van der Waals surface area contributed by atoms with E-state index in [1.807, 2.05) is 0 Å². The first kappa shape index (κ1) is 13.6. The van der Waals surface area contributed by atoms with E-state index in [4.69, 9.17) is 4.98 Å². The zero-order valence-electron chi connectivity index (χ0n) is 12.8. The summed E-state index contributed by atoms with van der Waals surface area (Å²) in [4.78, 5) is 7.09. The molecule has 1 heterocycles. The van der Waals surface area contributed by atoms with Crippen LogP contribution in [0.1, 0.15) is 12.6 Å². The van der Waals surface area contributed by atoms with E-state index in [-0.39, 0.29) is 0 Å². The number of aromatic nitrogens is 1. The molecule has 0 bridgehead atoms. The van der Waals surface area contributed by atoms with E-state index in [1.165, 1.54) is 22.2 Å². The van der Waals surface area contributed by atoms with Gasteiger partial charge < -0.3 is 4.90 Å². The van der Waals surface area contributed by atoms with Crippen LogP contribution in [-0.2, 0) is 6.42 Å². The second-order valence-corrected chi connectivity index (χ2v) is 5.41. The lowest BCUT2D eigenvalue weighted by Gasteiger charge is -2.22. The van der Waals surface area contributed by atoms with Crippen molar-refractivity contribution in [3.05, 3.63) is 60.3 Å². The van der Waals surface area contributed by atoms with E-state index in [0.717, 1.165) is 17.6 Å². The van der Waals surface area contributed by atoms with Gasteiger partial charge in [0.15, 0.2) is 0 Å². The third-order valence-corrected chi connectivity index (χ3v) is 3.78. The summed E-state index contributed by atoms with van der Waals surface area (Å²) < 4.78 is 0. The maximum absolute atomic E-state index is 4.89. The molecule has 3 aromatic rings. The third-order valence-electron chi connectivity index (χ3n) is 3.78. The minimum absolute atomic E-state index is 0.926. The van der Waals surface area contributed by atoms with E-state index in [1.54, 1.807) is 0 Å². The maximum Gasteiger partial charge on any atom is 0.0726 e. The third kappa shape index (κ3) is 2.38. The highest BCUT2D eigenvalue weighted by atomic mass is 15.1. The number of hydrogen-bond donors (Lipinski definition) is 0. The van der Waals surface area contributed by atoms with Crippen molar-refractivity contribution in [2.75, 3.05) is 19.0 Å². The predicted octanol–water partition coefficient (Wildman–Crippen LogP) is 4.53. The summed E-state index contributed by atoms with van der Waals surface area (Å²) >= 11 is 0. The Morgan fingerprint density at radius 3 is 2.24 bits per heavy atom. The van der Waals surface area contributed by atoms with Gasteiger partial charge in [-0.15, -0.1) is 0 Å². The van der Waals surface area contributed by atoms with Crippen LogP contribution in [0.25, 0.3) is 22.0 Å². The van der Waals surface area contributed by atoms with Crippen molar-refractivity contribution in [1.82, 2.24) is 4.98 Å². The van der Waals surface area contributed by atoms with Gasteiger partial charge in [-0.3, -0.25) is 4.98 Å². The van der Waals surface area contributed by atoms with Crippen LogP contribution in [0.3, 0.4) is 0 Å². The minimum Gasteiger partial charge on any atom is -0.377 e. The van der Waals surface area contributed by atoms with Crippen LogP contribution in [0.4, 0.5) is 5.69 Å². The Labute approximate surface area is 126 Å². The highest BCUT2D eigenvalue weighted by molar-refractivity contribution is 6.00. The number of pyridine rings is 1. The van der Waals surface area contributed by atoms with E-state index < -0.39 is 0 Å². The van der Waals surface area contributed by atoms with Gasteiger partial charge in [0.2, 0.25) is 0 Å². The summed E-state index contributed by atoms with van der Waals surface area (Å²) in [5, 5.41) is 1.21. The molecule has 2 nitrogen and oxygen atoms in total. The van der Waals surface area contributed by atoms with Crippen molar-refractivity contribution in [3.63, 3.8) is 0 Å². The molecule has 0 spiro atoms. The molecule has 1 aromatic heterocycles. The quantitative estimate of drug-likeness (QED) is 0.698. The van der Waals surface area contributed by atoms with Crippen molar-refractivity contribution in [2.45, 2.75) is 13.3 Å². The van der Waals surface area contributed by atoms with E-state index in [0.29, 0.717) is 0 Å². The normalized spacial score (nSPS) is 10.8. The lowest BCUT2D eigenvalue weighted by atomic mass is 9.97. The molecule has 0 aliphatic heterocycles. The number of anilines is 1. The molecule has 0 saturated heterocycles. The van der Waals surface area contributed by atoms with Gasteiger partial charge in [0, 0.05) is 25.0 Å². The van der Waals surface area contributed by atoms with Crippen LogP contribution in [0, 0.1) is 0 Å². The van der Waals surface area contributed by atoms with E-state index >= 15 is 0 Å². The summed E-state index contributed by atoms with van der Waals surface area (Å²) in [6.07, 6.45) is 0.926. The number of para-hydroxylation sites is 1. The van der Waals surface area contributed by atoms with Crippen LogP contribution in [0.15, 0.2) is 54.6 Å². The van der Waals surface area contributed by atoms with Crippen molar-refractivity contribution >= 4 is 16.6 Å². The predicted molar refractivity (Wildman–Crippen MR) is 90.9 cm³/mol. The summed E-state index contributed by atoms with van der Waals surface area (Å²) in [5.41, 5.74) is 5.96. The van der Waals surface area contributed by atoms with Crippen LogP contribution in [0.2, 0.25) is 0 Å². The van der Waals surface area contributed by atoms with Gasteiger partial charge in [-0.2, -0.15) is 0 Å². The molecule has 0 N–H and O–H groups in total. The molecule has 0 radical (unpaired) electrons. The molecule has 0 fully saturated rings. The van der Waals surface area contributed by atoms with Gasteiger partial charge in [-0.25, -0.2) is 0 Å². The van der Waals surface area contributed by atoms with Crippen molar-refractivity contribution in [3.8, 4) is 11.1 Å². The average Bonchev–Trinajstić information content (AvgIpc) is 2.53. The fraction of sp³-hybridized carbons (Fsp3) is 0.211. The summed E-state index contributed by atoms with van der Waals surface area (Å²) in [6, 6.07) is 18.9. The second-order valence-electron chi connectivity index (χ2n) is 5.41. The monoisotopic (exact) mass is 276 g/mol. The van der Waals surface area contributed by atoms with E-state index in [9.17, 15) is 0 Å². The zero-order chi connectivity index (χ0) is 14.8.